The van der Waals surface area contributed by atoms with E-state index in [0.29, 0.717) is 19.8 Å². The number of nitrogens with zero attached hydrogens (tertiary/aromatic N) is 3. The molecule has 0 spiro atoms. The molecule has 1 aliphatic rings. The van der Waals surface area contributed by atoms with Crippen molar-refractivity contribution in [2.75, 3.05) is 33.4 Å². The Morgan fingerprint density at radius 2 is 1.94 bits per heavy atom. The largest absolute Gasteiger partial charge is 0.493 e. The third kappa shape index (κ3) is 6.99. The summed E-state index contributed by atoms with van der Waals surface area (Å²) in [6.07, 6.45) is 7.36. The van der Waals surface area contributed by atoms with Crippen molar-refractivity contribution in [1.82, 2.24) is 14.5 Å². The van der Waals surface area contributed by atoms with Crippen LogP contribution in [0.1, 0.15) is 37.6 Å². The molecule has 0 amide bonds. The number of imidazole rings is 1. The summed E-state index contributed by atoms with van der Waals surface area (Å²) in [5, 5.41) is 11.1. The van der Waals surface area contributed by atoms with Gasteiger partial charge in [0.15, 0.2) is 11.5 Å². The normalized spacial score (nSPS) is 18.4. The molecule has 1 aliphatic heterocycles. The average Bonchev–Trinajstić information content (AvgIpc) is 3.34. The summed E-state index contributed by atoms with van der Waals surface area (Å²) in [7, 11) is 1.67. The lowest BCUT2D eigenvalue weighted by atomic mass is 9.93. The van der Waals surface area contributed by atoms with Crippen LogP contribution < -0.4 is 14.2 Å². The molecule has 2 aromatic carbocycles. The number of para-hydroxylation sites is 1. The molecule has 1 atom stereocenters. The third-order valence-corrected chi connectivity index (χ3v) is 6.44. The van der Waals surface area contributed by atoms with Crippen molar-refractivity contribution in [3.8, 4) is 17.2 Å². The topological polar surface area (TPSA) is 69.0 Å². The zero-order valence-corrected chi connectivity index (χ0v) is 20.9. The van der Waals surface area contributed by atoms with Crippen molar-refractivity contribution in [3.05, 3.63) is 72.3 Å². The van der Waals surface area contributed by atoms with Crippen LogP contribution in [0.15, 0.2) is 60.9 Å². The number of hydrogen-bond donors (Lipinski definition) is 1. The number of ether oxygens (including phenoxy) is 3. The fourth-order valence-electron chi connectivity index (χ4n) is 4.66. The van der Waals surface area contributed by atoms with Gasteiger partial charge in [0.2, 0.25) is 0 Å². The van der Waals surface area contributed by atoms with Gasteiger partial charge in [-0.05, 0) is 55.6 Å². The van der Waals surface area contributed by atoms with Crippen molar-refractivity contribution < 1.29 is 19.3 Å². The fourth-order valence-corrected chi connectivity index (χ4v) is 4.66. The molecule has 1 fully saturated rings. The summed E-state index contributed by atoms with van der Waals surface area (Å²) >= 11 is 0. The van der Waals surface area contributed by atoms with E-state index in [1.54, 1.807) is 7.11 Å². The molecule has 0 aliphatic carbocycles. The van der Waals surface area contributed by atoms with Crippen LogP contribution in [-0.4, -0.2) is 58.6 Å². The maximum absolute atomic E-state index is 11.1. The SMILES string of the molecule is CCc1nccn1CCCOc1ccc(CN2CCC[C@@](O)(COc3ccccc3)C2)cc1OC. The van der Waals surface area contributed by atoms with E-state index in [9.17, 15) is 5.11 Å². The lowest BCUT2D eigenvalue weighted by molar-refractivity contribution is -0.0621. The van der Waals surface area contributed by atoms with E-state index in [1.165, 1.54) is 0 Å². The Bertz CT molecular complexity index is 1060. The lowest BCUT2D eigenvalue weighted by Crippen LogP contribution is -2.51. The second kappa shape index (κ2) is 12.1. The molecule has 0 saturated carbocycles. The van der Waals surface area contributed by atoms with Crippen LogP contribution in [0.2, 0.25) is 0 Å². The molecule has 2 heterocycles. The van der Waals surface area contributed by atoms with E-state index in [4.69, 9.17) is 14.2 Å². The Balaban J connectivity index is 1.28. The van der Waals surface area contributed by atoms with Gasteiger partial charge in [-0.15, -0.1) is 0 Å². The minimum absolute atomic E-state index is 0.294. The molecule has 1 aromatic heterocycles. The quantitative estimate of drug-likeness (QED) is 0.390. The average molecular weight is 480 g/mol. The summed E-state index contributed by atoms with van der Waals surface area (Å²) < 4.78 is 19.7. The van der Waals surface area contributed by atoms with Crippen molar-refractivity contribution >= 4 is 0 Å². The first-order chi connectivity index (χ1) is 17.1. The van der Waals surface area contributed by atoms with E-state index >= 15 is 0 Å². The van der Waals surface area contributed by atoms with E-state index in [-0.39, 0.29) is 0 Å². The molecular weight excluding hydrogens is 442 g/mol. The first-order valence-electron chi connectivity index (χ1n) is 12.5. The van der Waals surface area contributed by atoms with Gasteiger partial charge in [-0.2, -0.15) is 0 Å². The number of aromatic nitrogens is 2. The van der Waals surface area contributed by atoms with Crippen LogP contribution >= 0.6 is 0 Å². The highest BCUT2D eigenvalue weighted by Gasteiger charge is 2.34. The second-order valence-electron chi connectivity index (χ2n) is 9.22. The minimum atomic E-state index is -0.853. The monoisotopic (exact) mass is 479 g/mol. The molecule has 1 N–H and O–H groups in total. The van der Waals surface area contributed by atoms with Crippen molar-refractivity contribution in [2.24, 2.45) is 0 Å². The molecule has 4 rings (SSSR count). The van der Waals surface area contributed by atoms with Crippen LogP contribution in [-0.2, 0) is 19.5 Å². The number of hydrogen-bond acceptors (Lipinski definition) is 6. The predicted molar refractivity (Wildman–Crippen MR) is 136 cm³/mol. The molecule has 0 bridgehead atoms. The predicted octanol–water partition coefficient (Wildman–Crippen LogP) is 4.33. The number of methoxy groups -OCH3 is 1. The highest BCUT2D eigenvalue weighted by atomic mass is 16.5. The Labute approximate surface area is 208 Å². The second-order valence-corrected chi connectivity index (χ2v) is 9.22. The van der Waals surface area contributed by atoms with E-state index in [0.717, 1.165) is 74.0 Å². The zero-order valence-electron chi connectivity index (χ0n) is 20.9. The van der Waals surface area contributed by atoms with Gasteiger partial charge in [-0.3, -0.25) is 4.90 Å². The Hall–Kier alpha value is -3.03. The number of aryl methyl sites for hydroxylation is 2. The summed E-state index contributed by atoms with van der Waals surface area (Å²) in [5.74, 6) is 3.38. The maximum Gasteiger partial charge on any atom is 0.161 e. The van der Waals surface area contributed by atoms with E-state index in [2.05, 4.69) is 27.4 Å². The molecular formula is C28H37N3O4. The van der Waals surface area contributed by atoms with Gasteiger partial charge in [0.25, 0.3) is 0 Å². The summed E-state index contributed by atoms with van der Waals surface area (Å²) in [4.78, 5) is 6.65. The van der Waals surface area contributed by atoms with Gasteiger partial charge in [0.05, 0.1) is 13.7 Å². The van der Waals surface area contributed by atoms with Gasteiger partial charge in [0.1, 0.15) is 23.8 Å². The van der Waals surface area contributed by atoms with Gasteiger partial charge in [-0.1, -0.05) is 31.2 Å². The number of benzene rings is 2. The smallest absolute Gasteiger partial charge is 0.161 e. The molecule has 0 unspecified atom stereocenters. The first-order valence-corrected chi connectivity index (χ1v) is 12.5. The molecule has 0 radical (unpaired) electrons. The van der Waals surface area contributed by atoms with E-state index < -0.39 is 5.60 Å². The molecule has 1 saturated heterocycles. The van der Waals surface area contributed by atoms with Crippen LogP contribution in [0.3, 0.4) is 0 Å². The molecule has 7 heteroatoms. The summed E-state index contributed by atoms with van der Waals surface area (Å²) in [6.45, 7) is 6.17. The van der Waals surface area contributed by atoms with E-state index in [1.807, 2.05) is 54.9 Å². The molecule has 188 valence electrons. The highest BCUT2D eigenvalue weighted by molar-refractivity contribution is 5.43. The van der Waals surface area contributed by atoms with Crippen molar-refractivity contribution in [3.63, 3.8) is 0 Å². The van der Waals surface area contributed by atoms with Crippen LogP contribution in [0, 0.1) is 0 Å². The summed E-state index contributed by atoms with van der Waals surface area (Å²) in [5.41, 5.74) is 0.280. The number of rotatable bonds is 12. The standard InChI is InChI=1S/C28H37N3O4/c1-3-27-29-14-17-31(27)16-8-18-34-25-12-11-23(19-26(25)33-2)20-30-15-7-13-28(32,21-30)22-35-24-9-5-4-6-10-24/h4-6,9-12,14,17,19,32H,3,7-8,13,15-16,18,20-22H2,1-2H3/t28-/m0/s1. The molecule has 3 aromatic rings. The lowest BCUT2D eigenvalue weighted by Gasteiger charge is -2.39. The third-order valence-electron chi connectivity index (χ3n) is 6.44. The van der Waals surface area contributed by atoms with Crippen molar-refractivity contribution in [2.45, 2.75) is 51.3 Å². The number of piperidine rings is 1. The van der Waals surface area contributed by atoms with Crippen LogP contribution in [0.4, 0.5) is 0 Å². The highest BCUT2D eigenvalue weighted by Crippen LogP contribution is 2.30. The Morgan fingerprint density at radius 3 is 2.74 bits per heavy atom. The number of β-amino-alcohol motifs (C(OH)–C–C–N with tert-alkyl or cyclic N) is 1. The van der Waals surface area contributed by atoms with Crippen molar-refractivity contribution in [1.29, 1.82) is 0 Å². The van der Waals surface area contributed by atoms with Gasteiger partial charge < -0.3 is 23.9 Å². The van der Waals surface area contributed by atoms with Gasteiger partial charge in [-0.25, -0.2) is 4.98 Å². The minimum Gasteiger partial charge on any atom is -0.493 e. The number of likely N-dealkylation sites (tertiary alicyclic amines) is 1. The van der Waals surface area contributed by atoms with Gasteiger partial charge >= 0.3 is 0 Å². The molecule has 35 heavy (non-hydrogen) atoms. The van der Waals surface area contributed by atoms with Crippen LogP contribution in [0.5, 0.6) is 17.2 Å². The summed E-state index contributed by atoms with van der Waals surface area (Å²) in [6, 6.07) is 15.8. The van der Waals surface area contributed by atoms with Gasteiger partial charge in [0, 0.05) is 38.4 Å². The fraction of sp³-hybridized carbons (Fsp3) is 0.464. The Morgan fingerprint density at radius 1 is 1.09 bits per heavy atom. The Kier molecular flexibility index (Phi) is 8.66. The molecule has 7 nitrogen and oxygen atoms in total. The maximum atomic E-state index is 11.1. The first kappa shape index (κ1) is 25.1. The van der Waals surface area contributed by atoms with Crippen LogP contribution in [0.25, 0.3) is 0 Å². The number of aliphatic hydroxyl groups is 1. The zero-order chi connectivity index (χ0) is 24.5.